The van der Waals surface area contributed by atoms with E-state index in [1.165, 1.54) is 24.3 Å². The number of nitrogens with two attached hydrogens (primary N) is 1. The van der Waals surface area contributed by atoms with Crippen molar-refractivity contribution < 1.29 is 17.9 Å². The number of hydrogen-bond acceptors (Lipinski definition) is 4. The first kappa shape index (κ1) is 15.6. The van der Waals surface area contributed by atoms with Gasteiger partial charge in [0.1, 0.15) is 0 Å². The van der Waals surface area contributed by atoms with Gasteiger partial charge in [-0.05, 0) is 38.1 Å². The van der Waals surface area contributed by atoms with Crippen LogP contribution in [0.4, 0.5) is 0 Å². The van der Waals surface area contributed by atoms with Gasteiger partial charge in [-0.15, -0.1) is 0 Å². The van der Waals surface area contributed by atoms with E-state index in [0.717, 1.165) is 0 Å². The van der Waals surface area contributed by atoms with E-state index in [1.807, 2.05) is 13.8 Å². The number of carbonyl (C=O) groups is 1. The predicted octanol–water partition coefficient (Wildman–Crippen LogP) is 0.489. The summed E-state index contributed by atoms with van der Waals surface area (Å²) in [4.78, 5) is 11.8. The fourth-order valence-electron chi connectivity index (χ4n) is 1.44. The van der Waals surface area contributed by atoms with Gasteiger partial charge in [0.2, 0.25) is 10.0 Å². The van der Waals surface area contributed by atoms with Crippen molar-refractivity contribution in [3.63, 3.8) is 0 Å². The molecule has 0 heterocycles. The molecule has 0 radical (unpaired) electrons. The molecule has 0 saturated carbocycles. The van der Waals surface area contributed by atoms with E-state index in [0.29, 0.717) is 18.8 Å². The largest absolute Gasteiger partial charge is 0.380 e. The molecule has 0 aliphatic heterocycles. The molecule has 1 aromatic rings. The van der Waals surface area contributed by atoms with Gasteiger partial charge in [0, 0.05) is 18.2 Å². The topological polar surface area (TPSA) is 98.5 Å². The molecule has 1 aromatic carbocycles. The van der Waals surface area contributed by atoms with Crippen LogP contribution in [0.1, 0.15) is 24.2 Å². The highest BCUT2D eigenvalue weighted by Crippen LogP contribution is 2.08. The summed E-state index contributed by atoms with van der Waals surface area (Å²) in [5, 5.41) is 7.72. The molecule has 1 unspecified atom stereocenters. The summed E-state index contributed by atoms with van der Waals surface area (Å²) in [6, 6.07) is 5.32. The SMILES string of the molecule is CCOCC(C)NC(=O)c1ccc(S(N)(=O)=O)cc1. The molecule has 0 spiro atoms. The first-order valence-electron chi connectivity index (χ1n) is 5.86. The minimum absolute atomic E-state index is 0.0218. The Morgan fingerprint density at radius 1 is 1.37 bits per heavy atom. The van der Waals surface area contributed by atoms with Crippen molar-refractivity contribution in [2.45, 2.75) is 24.8 Å². The van der Waals surface area contributed by atoms with Crippen LogP contribution in [0.15, 0.2) is 29.2 Å². The predicted molar refractivity (Wildman–Crippen MR) is 71.2 cm³/mol. The molecule has 106 valence electrons. The lowest BCUT2D eigenvalue weighted by atomic mass is 10.2. The second-order valence-electron chi connectivity index (χ2n) is 4.10. The van der Waals surface area contributed by atoms with Crippen LogP contribution in [0.5, 0.6) is 0 Å². The third kappa shape index (κ3) is 4.98. The van der Waals surface area contributed by atoms with Gasteiger partial charge in [-0.2, -0.15) is 0 Å². The Kier molecular flexibility index (Phi) is 5.46. The summed E-state index contributed by atoms with van der Waals surface area (Å²) in [5.41, 5.74) is 0.371. The Hall–Kier alpha value is -1.44. The molecule has 7 heteroatoms. The molecule has 1 amide bonds. The molecule has 6 nitrogen and oxygen atoms in total. The summed E-state index contributed by atoms with van der Waals surface area (Å²) < 4.78 is 27.3. The zero-order chi connectivity index (χ0) is 14.5. The number of benzene rings is 1. The van der Waals surface area contributed by atoms with Crippen LogP contribution >= 0.6 is 0 Å². The fraction of sp³-hybridized carbons (Fsp3) is 0.417. The van der Waals surface area contributed by atoms with Gasteiger partial charge in [0.15, 0.2) is 0 Å². The molecule has 0 aromatic heterocycles. The van der Waals surface area contributed by atoms with Crippen molar-refractivity contribution in [2.75, 3.05) is 13.2 Å². The quantitative estimate of drug-likeness (QED) is 0.795. The van der Waals surface area contributed by atoms with E-state index in [2.05, 4.69) is 5.32 Å². The number of amides is 1. The molecular formula is C12H18N2O4S. The van der Waals surface area contributed by atoms with E-state index in [1.54, 1.807) is 0 Å². The first-order valence-corrected chi connectivity index (χ1v) is 7.40. The zero-order valence-corrected chi connectivity index (χ0v) is 11.7. The highest BCUT2D eigenvalue weighted by Gasteiger charge is 2.12. The van der Waals surface area contributed by atoms with E-state index in [-0.39, 0.29) is 16.8 Å². The van der Waals surface area contributed by atoms with Gasteiger partial charge in [0.05, 0.1) is 11.5 Å². The highest BCUT2D eigenvalue weighted by molar-refractivity contribution is 7.89. The number of hydrogen-bond donors (Lipinski definition) is 2. The lowest BCUT2D eigenvalue weighted by Gasteiger charge is -2.13. The van der Waals surface area contributed by atoms with Gasteiger partial charge in [-0.25, -0.2) is 13.6 Å². The average molecular weight is 286 g/mol. The highest BCUT2D eigenvalue weighted by atomic mass is 32.2. The summed E-state index contributed by atoms with van der Waals surface area (Å²) in [5.74, 6) is -0.284. The summed E-state index contributed by atoms with van der Waals surface area (Å²) >= 11 is 0. The summed E-state index contributed by atoms with van der Waals surface area (Å²) in [6.45, 7) is 4.72. The average Bonchev–Trinajstić information content (AvgIpc) is 2.35. The number of carbonyl (C=O) groups excluding carboxylic acids is 1. The first-order chi connectivity index (χ1) is 8.84. The van der Waals surface area contributed by atoms with Crippen molar-refractivity contribution in [1.29, 1.82) is 0 Å². The van der Waals surface area contributed by atoms with Gasteiger partial charge in [-0.3, -0.25) is 4.79 Å². The third-order valence-corrected chi connectivity index (χ3v) is 3.32. The van der Waals surface area contributed by atoms with Crippen molar-refractivity contribution in [3.05, 3.63) is 29.8 Å². The minimum Gasteiger partial charge on any atom is -0.380 e. The molecular weight excluding hydrogens is 268 g/mol. The zero-order valence-electron chi connectivity index (χ0n) is 10.9. The smallest absolute Gasteiger partial charge is 0.251 e. The van der Waals surface area contributed by atoms with Crippen molar-refractivity contribution in [2.24, 2.45) is 5.14 Å². The van der Waals surface area contributed by atoms with Crippen molar-refractivity contribution in [3.8, 4) is 0 Å². The Morgan fingerprint density at radius 2 is 1.95 bits per heavy atom. The molecule has 1 rings (SSSR count). The fourth-order valence-corrected chi connectivity index (χ4v) is 1.95. The molecule has 0 aliphatic rings. The maximum absolute atomic E-state index is 11.8. The minimum atomic E-state index is -3.73. The Balaban J connectivity index is 2.68. The van der Waals surface area contributed by atoms with Gasteiger partial charge >= 0.3 is 0 Å². The van der Waals surface area contributed by atoms with E-state index in [9.17, 15) is 13.2 Å². The van der Waals surface area contributed by atoms with Crippen molar-refractivity contribution >= 4 is 15.9 Å². The number of rotatable bonds is 6. The monoisotopic (exact) mass is 286 g/mol. The molecule has 0 bridgehead atoms. The van der Waals surface area contributed by atoms with Gasteiger partial charge in [-0.1, -0.05) is 0 Å². The number of ether oxygens (including phenoxy) is 1. The van der Waals surface area contributed by atoms with Crippen LogP contribution in [0.3, 0.4) is 0 Å². The summed E-state index contributed by atoms with van der Waals surface area (Å²) in [6.07, 6.45) is 0. The second kappa shape index (κ2) is 6.65. The normalized spacial score (nSPS) is 13.0. The number of primary sulfonamides is 1. The molecule has 0 saturated heterocycles. The summed E-state index contributed by atoms with van der Waals surface area (Å²) in [7, 11) is -3.73. The standard InChI is InChI=1S/C12H18N2O4S/c1-3-18-8-9(2)14-12(15)10-4-6-11(7-5-10)19(13,16)17/h4-7,9H,3,8H2,1-2H3,(H,14,15)(H2,13,16,17). The lowest BCUT2D eigenvalue weighted by molar-refractivity contribution is 0.0872. The molecule has 0 aliphatic carbocycles. The maximum Gasteiger partial charge on any atom is 0.251 e. The molecule has 1 atom stereocenters. The van der Waals surface area contributed by atoms with Crippen molar-refractivity contribution in [1.82, 2.24) is 5.32 Å². The van der Waals surface area contributed by atoms with Crippen LogP contribution in [-0.2, 0) is 14.8 Å². The Labute approximate surface area is 113 Å². The number of sulfonamides is 1. The van der Waals surface area contributed by atoms with Gasteiger partial charge < -0.3 is 10.1 Å². The Morgan fingerprint density at radius 3 is 2.42 bits per heavy atom. The second-order valence-corrected chi connectivity index (χ2v) is 5.66. The van der Waals surface area contributed by atoms with E-state index < -0.39 is 10.0 Å². The van der Waals surface area contributed by atoms with Crippen LogP contribution in [-0.4, -0.2) is 33.6 Å². The van der Waals surface area contributed by atoms with Crippen LogP contribution in [0.2, 0.25) is 0 Å². The number of nitrogens with one attached hydrogen (secondary N) is 1. The Bertz CT molecular complexity index is 525. The van der Waals surface area contributed by atoms with E-state index >= 15 is 0 Å². The maximum atomic E-state index is 11.8. The van der Waals surface area contributed by atoms with Crippen LogP contribution in [0.25, 0.3) is 0 Å². The third-order valence-electron chi connectivity index (χ3n) is 2.39. The molecule has 3 N–H and O–H groups in total. The van der Waals surface area contributed by atoms with E-state index in [4.69, 9.17) is 9.88 Å². The van der Waals surface area contributed by atoms with Gasteiger partial charge in [0.25, 0.3) is 5.91 Å². The molecule has 0 fully saturated rings. The molecule has 19 heavy (non-hydrogen) atoms. The lowest BCUT2D eigenvalue weighted by Crippen LogP contribution is -2.35. The van der Waals surface area contributed by atoms with Crippen LogP contribution in [0, 0.1) is 0 Å². The van der Waals surface area contributed by atoms with Crippen LogP contribution < -0.4 is 10.5 Å².